The Morgan fingerprint density at radius 1 is 1.23 bits per heavy atom. The van der Waals surface area contributed by atoms with Gasteiger partial charge in [0.05, 0.1) is 18.5 Å². The number of aromatic nitrogens is 2. The molecule has 3 fully saturated rings. The number of benzene rings is 1. The number of aryl methyl sites for hydroxylation is 2. The Morgan fingerprint density at radius 2 is 2.00 bits per heavy atom. The molecule has 1 saturated carbocycles. The van der Waals surface area contributed by atoms with Crippen molar-refractivity contribution in [3.63, 3.8) is 0 Å². The summed E-state index contributed by atoms with van der Waals surface area (Å²) in [5.74, 6) is 1.51. The average molecular weight is 353 g/mol. The molecule has 0 radical (unpaired) electrons. The summed E-state index contributed by atoms with van der Waals surface area (Å²) in [4.78, 5) is 2.33. The lowest BCUT2D eigenvalue weighted by Gasteiger charge is -2.57. The van der Waals surface area contributed by atoms with Crippen molar-refractivity contribution in [2.45, 2.75) is 32.8 Å². The van der Waals surface area contributed by atoms with Gasteiger partial charge in [0.2, 0.25) is 0 Å². The van der Waals surface area contributed by atoms with Crippen molar-refractivity contribution < 1.29 is 9.84 Å². The van der Waals surface area contributed by atoms with Crippen LogP contribution in [0.2, 0.25) is 0 Å². The number of aliphatic hydroxyl groups is 1. The third kappa shape index (κ3) is 2.79. The number of hydrogen-bond acceptors (Lipinski definition) is 5. The van der Waals surface area contributed by atoms with E-state index in [-0.39, 0.29) is 5.41 Å². The van der Waals surface area contributed by atoms with Crippen LogP contribution in [0.1, 0.15) is 35.8 Å². The maximum atomic E-state index is 11.0. The largest absolute Gasteiger partial charge is 0.496 e. The highest BCUT2D eigenvalue weighted by atomic mass is 16.5. The molecule has 138 valence electrons. The molecule has 3 aliphatic rings. The van der Waals surface area contributed by atoms with E-state index >= 15 is 0 Å². The van der Waals surface area contributed by atoms with Gasteiger partial charge in [-0.2, -0.15) is 5.10 Å². The van der Waals surface area contributed by atoms with Gasteiger partial charge in [0, 0.05) is 24.1 Å². The highest BCUT2D eigenvalue weighted by Gasteiger charge is 2.54. The Bertz CT molecular complexity index is 830. The average Bonchev–Trinajstić information content (AvgIpc) is 2.60. The number of methoxy groups -OCH3 is 1. The van der Waals surface area contributed by atoms with E-state index in [0.717, 1.165) is 54.1 Å². The van der Waals surface area contributed by atoms with Gasteiger partial charge in [-0.15, -0.1) is 5.10 Å². The van der Waals surface area contributed by atoms with Crippen LogP contribution in [-0.4, -0.2) is 47.5 Å². The SMILES string of the molecule is COc1cc(C)ccc1-c1nnc(C(O)C23CC(CN(C)C2)C3)cc1C. The number of rotatable bonds is 4. The lowest BCUT2D eigenvalue weighted by Crippen LogP contribution is -2.57. The first-order valence-corrected chi connectivity index (χ1v) is 9.28. The maximum absolute atomic E-state index is 11.0. The third-order valence-corrected chi connectivity index (χ3v) is 6.02. The Labute approximate surface area is 155 Å². The molecule has 2 bridgehead atoms. The first-order valence-electron chi connectivity index (χ1n) is 9.28. The molecule has 1 aromatic carbocycles. The summed E-state index contributed by atoms with van der Waals surface area (Å²) < 4.78 is 5.52. The van der Waals surface area contributed by atoms with Crippen molar-refractivity contribution in [2.75, 3.05) is 27.2 Å². The lowest BCUT2D eigenvalue weighted by molar-refractivity contribution is -0.132. The summed E-state index contributed by atoms with van der Waals surface area (Å²) in [5, 5.41) is 19.9. The smallest absolute Gasteiger partial charge is 0.128 e. The molecule has 1 atom stereocenters. The summed E-state index contributed by atoms with van der Waals surface area (Å²) >= 11 is 0. The van der Waals surface area contributed by atoms with Crippen LogP contribution in [0, 0.1) is 25.2 Å². The summed E-state index contributed by atoms with van der Waals surface area (Å²) in [6.45, 7) is 6.13. The molecule has 2 aromatic rings. The summed E-state index contributed by atoms with van der Waals surface area (Å²) in [7, 11) is 3.81. The van der Waals surface area contributed by atoms with E-state index in [2.05, 4.69) is 22.1 Å². The molecule has 2 aliphatic heterocycles. The summed E-state index contributed by atoms with van der Waals surface area (Å²) in [5.41, 5.74) is 4.52. The van der Waals surface area contributed by atoms with Gasteiger partial charge in [-0.1, -0.05) is 6.07 Å². The van der Waals surface area contributed by atoms with Gasteiger partial charge in [0.15, 0.2) is 0 Å². The van der Waals surface area contributed by atoms with E-state index in [0.29, 0.717) is 11.6 Å². The minimum atomic E-state index is -0.554. The molecule has 5 rings (SSSR count). The van der Waals surface area contributed by atoms with Crippen molar-refractivity contribution in [3.8, 4) is 17.0 Å². The predicted octanol–water partition coefficient (Wildman–Crippen LogP) is 3.14. The van der Waals surface area contributed by atoms with Gasteiger partial charge >= 0.3 is 0 Å². The molecular weight excluding hydrogens is 326 g/mol. The first-order chi connectivity index (χ1) is 12.4. The zero-order valence-corrected chi connectivity index (χ0v) is 16.0. The van der Waals surface area contributed by atoms with Crippen LogP contribution in [0.5, 0.6) is 5.75 Å². The van der Waals surface area contributed by atoms with Crippen molar-refractivity contribution in [1.29, 1.82) is 0 Å². The molecule has 5 heteroatoms. The second-order valence-corrected chi connectivity index (χ2v) is 8.24. The number of hydrogen-bond donors (Lipinski definition) is 1. The third-order valence-electron chi connectivity index (χ3n) is 6.02. The maximum Gasteiger partial charge on any atom is 0.128 e. The molecule has 0 spiro atoms. The summed E-state index contributed by atoms with van der Waals surface area (Å²) in [6, 6.07) is 8.06. The molecule has 1 aliphatic carbocycles. The van der Waals surface area contributed by atoms with Gasteiger partial charge in [0.25, 0.3) is 0 Å². The number of aliphatic hydroxyl groups excluding tert-OH is 1. The van der Waals surface area contributed by atoms with Crippen LogP contribution >= 0.6 is 0 Å². The number of piperidine rings is 2. The van der Waals surface area contributed by atoms with Gasteiger partial charge in [-0.3, -0.25) is 0 Å². The number of nitrogens with zero attached hydrogens (tertiary/aromatic N) is 3. The van der Waals surface area contributed by atoms with Gasteiger partial charge in [-0.25, -0.2) is 0 Å². The van der Waals surface area contributed by atoms with Crippen LogP contribution in [0.4, 0.5) is 0 Å². The number of ether oxygens (including phenoxy) is 1. The molecule has 26 heavy (non-hydrogen) atoms. The minimum Gasteiger partial charge on any atom is -0.496 e. The molecule has 3 heterocycles. The molecule has 5 nitrogen and oxygen atoms in total. The Kier molecular flexibility index (Phi) is 4.24. The van der Waals surface area contributed by atoms with E-state index in [9.17, 15) is 5.11 Å². The number of fused-ring (bicyclic) bond motifs is 2. The minimum absolute atomic E-state index is 0.0537. The van der Waals surface area contributed by atoms with Crippen molar-refractivity contribution >= 4 is 0 Å². The molecular formula is C21H27N3O2. The predicted molar refractivity (Wildman–Crippen MR) is 101 cm³/mol. The zero-order valence-electron chi connectivity index (χ0n) is 16.0. The Morgan fingerprint density at radius 3 is 2.65 bits per heavy atom. The Hall–Kier alpha value is -1.98. The fourth-order valence-electron chi connectivity index (χ4n) is 4.91. The second-order valence-electron chi connectivity index (χ2n) is 8.24. The van der Waals surface area contributed by atoms with E-state index in [1.165, 1.54) is 0 Å². The van der Waals surface area contributed by atoms with E-state index in [1.807, 2.05) is 38.1 Å². The topological polar surface area (TPSA) is 58.5 Å². The van der Waals surface area contributed by atoms with Crippen LogP contribution in [0.25, 0.3) is 11.3 Å². The highest BCUT2D eigenvalue weighted by Crippen LogP contribution is 2.56. The molecule has 0 amide bonds. The van der Waals surface area contributed by atoms with Gasteiger partial charge < -0.3 is 14.7 Å². The van der Waals surface area contributed by atoms with Crippen molar-refractivity contribution in [3.05, 3.63) is 41.1 Å². The lowest BCUT2D eigenvalue weighted by atomic mass is 9.55. The van der Waals surface area contributed by atoms with Gasteiger partial charge in [0.1, 0.15) is 11.9 Å². The monoisotopic (exact) mass is 353 g/mol. The second kappa shape index (κ2) is 6.32. The normalized spacial score (nSPS) is 26.3. The van der Waals surface area contributed by atoms with E-state index < -0.39 is 6.10 Å². The molecule has 1 unspecified atom stereocenters. The van der Waals surface area contributed by atoms with Crippen LogP contribution in [0.3, 0.4) is 0 Å². The van der Waals surface area contributed by atoms with Crippen LogP contribution < -0.4 is 4.74 Å². The van der Waals surface area contributed by atoms with E-state index in [4.69, 9.17) is 4.74 Å². The van der Waals surface area contributed by atoms with Crippen molar-refractivity contribution in [2.24, 2.45) is 11.3 Å². The van der Waals surface area contributed by atoms with Crippen LogP contribution in [-0.2, 0) is 0 Å². The van der Waals surface area contributed by atoms with Crippen molar-refractivity contribution in [1.82, 2.24) is 15.1 Å². The highest BCUT2D eigenvalue weighted by molar-refractivity contribution is 5.70. The fraction of sp³-hybridized carbons (Fsp3) is 0.524. The standard InChI is InChI=1S/C21H27N3O2/c1-13-5-6-16(18(7-13)26-4)19-14(2)8-17(22-23-19)20(25)21-9-15(10-21)11-24(3)12-21/h5-8,15,20,25H,9-12H2,1-4H3. The molecule has 1 N–H and O–H groups in total. The molecule has 1 aromatic heterocycles. The quantitative estimate of drug-likeness (QED) is 0.915. The van der Waals surface area contributed by atoms with E-state index in [1.54, 1.807) is 7.11 Å². The first kappa shape index (κ1) is 17.4. The zero-order chi connectivity index (χ0) is 18.5. The van der Waals surface area contributed by atoms with Crippen LogP contribution in [0.15, 0.2) is 24.3 Å². The summed E-state index contributed by atoms with van der Waals surface area (Å²) in [6.07, 6.45) is 1.63. The fourth-order valence-corrected chi connectivity index (χ4v) is 4.91. The Balaban J connectivity index is 1.65. The molecule has 2 saturated heterocycles. The van der Waals surface area contributed by atoms with Gasteiger partial charge in [-0.05, 0) is 69.0 Å².